The second-order valence-corrected chi connectivity index (χ2v) is 10.4. The highest BCUT2D eigenvalue weighted by Crippen LogP contribution is 2.40. The Labute approximate surface area is 224 Å². The fourth-order valence-corrected chi connectivity index (χ4v) is 4.96. The number of nitrogens with two attached hydrogens (primary N) is 1. The average Bonchev–Trinajstić information content (AvgIpc) is 3.38. The summed E-state index contributed by atoms with van der Waals surface area (Å²) < 4.78 is 85.8. The number of piperidine rings is 1. The van der Waals surface area contributed by atoms with Crippen LogP contribution in [0.15, 0.2) is 36.8 Å². The summed E-state index contributed by atoms with van der Waals surface area (Å²) in [4.78, 5) is 22.3. The molecule has 214 valence electrons. The molecule has 0 aliphatic carbocycles. The number of esters is 1. The van der Waals surface area contributed by atoms with Crippen LogP contribution in [-0.4, -0.2) is 57.2 Å². The van der Waals surface area contributed by atoms with Crippen molar-refractivity contribution in [2.24, 2.45) is 11.7 Å². The molecule has 3 aromatic rings. The maximum absolute atomic E-state index is 13.7. The number of cyclic esters (lactones) is 1. The molecule has 0 unspecified atom stereocenters. The zero-order valence-electron chi connectivity index (χ0n) is 21.3. The normalized spacial score (nSPS) is 20.8. The minimum Gasteiger partial charge on any atom is -0.449 e. The predicted octanol–water partition coefficient (Wildman–Crippen LogP) is 4.77. The van der Waals surface area contributed by atoms with Crippen LogP contribution in [0.4, 0.5) is 43.7 Å². The standard InChI is InChI=1S/C25H25F6N7O2/c1-23(2)21-16(22(39)40-23)3-4-19(36-21)35-20-6-18(37-10-14(25(29,30)31)5-15(32)11-37)17(8-33-20)13-7-34-38(9-13)12-24(26,27)28/h3-4,6-9,14-15H,5,10-12,32H2,1-2H3,(H,33,35,36)/t14-,15+/m1/s1. The van der Waals surface area contributed by atoms with Crippen LogP contribution in [0.2, 0.25) is 0 Å². The summed E-state index contributed by atoms with van der Waals surface area (Å²) in [5, 5.41) is 6.75. The maximum Gasteiger partial charge on any atom is 0.408 e. The van der Waals surface area contributed by atoms with Crippen LogP contribution in [0.25, 0.3) is 11.1 Å². The average molecular weight is 570 g/mol. The van der Waals surface area contributed by atoms with Gasteiger partial charge in [-0.25, -0.2) is 14.8 Å². The molecule has 0 spiro atoms. The first-order valence-corrected chi connectivity index (χ1v) is 12.3. The molecule has 2 atom stereocenters. The van der Waals surface area contributed by atoms with Crippen LogP contribution in [0.5, 0.6) is 0 Å². The minimum absolute atomic E-state index is 0.0878. The van der Waals surface area contributed by atoms with Crippen LogP contribution >= 0.6 is 0 Å². The van der Waals surface area contributed by atoms with Crippen molar-refractivity contribution < 1.29 is 35.9 Å². The van der Waals surface area contributed by atoms with E-state index in [1.807, 2.05) is 0 Å². The van der Waals surface area contributed by atoms with E-state index >= 15 is 0 Å². The van der Waals surface area contributed by atoms with E-state index in [0.717, 1.165) is 6.20 Å². The van der Waals surface area contributed by atoms with Crippen molar-refractivity contribution in [2.45, 2.75) is 50.8 Å². The lowest BCUT2D eigenvalue weighted by molar-refractivity contribution is -0.177. The number of aromatic nitrogens is 4. The van der Waals surface area contributed by atoms with Gasteiger partial charge in [0.15, 0.2) is 0 Å². The zero-order valence-corrected chi connectivity index (χ0v) is 21.3. The topological polar surface area (TPSA) is 111 Å². The number of anilines is 3. The van der Waals surface area contributed by atoms with E-state index in [2.05, 4.69) is 20.4 Å². The fraction of sp³-hybridized carbons (Fsp3) is 0.440. The van der Waals surface area contributed by atoms with Crippen LogP contribution in [0.3, 0.4) is 0 Å². The number of nitrogens with one attached hydrogen (secondary N) is 1. The zero-order chi connectivity index (χ0) is 29.0. The second-order valence-electron chi connectivity index (χ2n) is 10.4. The van der Waals surface area contributed by atoms with Crippen LogP contribution in [0, 0.1) is 5.92 Å². The largest absolute Gasteiger partial charge is 0.449 e. The third kappa shape index (κ3) is 5.69. The Balaban J connectivity index is 1.52. The van der Waals surface area contributed by atoms with Crippen molar-refractivity contribution >= 4 is 23.3 Å². The van der Waals surface area contributed by atoms with Gasteiger partial charge in [0, 0.05) is 48.7 Å². The van der Waals surface area contributed by atoms with Gasteiger partial charge >= 0.3 is 18.3 Å². The molecule has 0 radical (unpaired) electrons. The number of pyridine rings is 2. The number of hydrogen-bond acceptors (Lipinski definition) is 8. The summed E-state index contributed by atoms with van der Waals surface area (Å²) >= 11 is 0. The lowest BCUT2D eigenvalue weighted by Gasteiger charge is -2.39. The Hall–Kier alpha value is -3.88. The SMILES string of the molecule is CC1(C)OC(=O)c2ccc(Nc3cc(N4C[C@@H](N)C[C@@H](C(F)(F)F)C4)c(-c4cnn(CC(F)(F)F)c4)cn3)nc21. The lowest BCUT2D eigenvalue weighted by Crippen LogP contribution is -2.51. The number of alkyl halides is 6. The quantitative estimate of drug-likeness (QED) is 0.334. The van der Waals surface area contributed by atoms with E-state index in [1.165, 1.54) is 29.4 Å². The molecule has 0 bridgehead atoms. The van der Waals surface area contributed by atoms with Gasteiger partial charge in [-0.3, -0.25) is 4.68 Å². The molecule has 40 heavy (non-hydrogen) atoms. The molecule has 3 N–H and O–H groups in total. The molecule has 5 heterocycles. The highest BCUT2D eigenvalue weighted by atomic mass is 19.4. The van der Waals surface area contributed by atoms with E-state index in [0.29, 0.717) is 21.8 Å². The molecule has 1 fully saturated rings. The highest BCUT2D eigenvalue weighted by Gasteiger charge is 2.44. The number of halogens is 6. The number of rotatable bonds is 5. The molecule has 9 nitrogen and oxygen atoms in total. The lowest BCUT2D eigenvalue weighted by atomic mass is 9.93. The minimum atomic E-state index is -4.51. The predicted molar refractivity (Wildman–Crippen MR) is 132 cm³/mol. The summed E-state index contributed by atoms with van der Waals surface area (Å²) in [7, 11) is 0. The number of nitrogens with zero attached hydrogens (tertiary/aromatic N) is 5. The van der Waals surface area contributed by atoms with Crippen molar-refractivity contribution in [3.8, 4) is 11.1 Å². The summed E-state index contributed by atoms with van der Waals surface area (Å²) in [5.41, 5.74) is 6.58. The van der Waals surface area contributed by atoms with Gasteiger partial charge in [0.2, 0.25) is 0 Å². The maximum atomic E-state index is 13.7. The molecule has 15 heteroatoms. The van der Waals surface area contributed by atoms with Crippen LogP contribution in [0.1, 0.15) is 36.3 Å². The highest BCUT2D eigenvalue weighted by molar-refractivity contribution is 5.94. The molecule has 3 aromatic heterocycles. The van der Waals surface area contributed by atoms with Crippen molar-refractivity contribution in [2.75, 3.05) is 23.3 Å². The van der Waals surface area contributed by atoms with Crippen molar-refractivity contribution in [3.05, 3.63) is 48.0 Å². The second kappa shape index (κ2) is 9.64. The van der Waals surface area contributed by atoms with Gasteiger partial charge in [0.25, 0.3) is 0 Å². The number of fused-ring (bicyclic) bond motifs is 1. The summed E-state index contributed by atoms with van der Waals surface area (Å²) in [6.07, 6.45) is -5.53. The fourth-order valence-electron chi connectivity index (χ4n) is 4.96. The van der Waals surface area contributed by atoms with Crippen molar-refractivity contribution in [1.29, 1.82) is 0 Å². The van der Waals surface area contributed by atoms with Gasteiger partial charge in [0.05, 0.1) is 23.4 Å². The Kier molecular flexibility index (Phi) is 6.67. The molecule has 0 aromatic carbocycles. The Morgan fingerprint density at radius 2 is 1.85 bits per heavy atom. The third-order valence-corrected chi connectivity index (χ3v) is 6.74. The number of ether oxygens (including phenoxy) is 1. The Morgan fingerprint density at radius 1 is 1.10 bits per heavy atom. The summed E-state index contributed by atoms with van der Waals surface area (Å²) in [5.74, 6) is -1.69. The molecule has 2 aliphatic rings. The molecule has 1 saturated heterocycles. The molecule has 0 amide bonds. The van der Waals surface area contributed by atoms with E-state index in [9.17, 15) is 31.1 Å². The van der Waals surface area contributed by atoms with Crippen molar-refractivity contribution in [3.63, 3.8) is 0 Å². The van der Waals surface area contributed by atoms with Crippen LogP contribution in [-0.2, 0) is 16.9 Å². The number of hydrogen-bond donors (Lipinski definition) is 2. The van der Waals surface area contributed by atoms with Crippen LogP contribution < -0.4 is 16.0 Å². The first kappa shape index (κ1) is 27.7. The summed E-state index contributed by atoms with van der Waals surface area (Å²) in [6.45, 7) is 1.74. The van der Waals surface area contributed by atoms with Gasteiger partial charge in [-0.15, -0.1) is 0 Å². The first-order valence-electron chi connectivity index (χ1n) is 12.3. The molecular formula is C25H25F6N7O2. The van der Waals surface area contributed by atoms with Gasteiger partial charge < -0.3 is 20.7 Å². The molecule has 5 rings (SSSR count). The third-order valence-electron chi connectivity index (χ3n) is 6.74. The molecular weight excluding hydrogens is 544 g/mol. The van der Waals surface area contributed by atoms with Gasteiger partial charge in [-0.2, -0.15) is 31.4 Å². The van der Waals surface area contributed by atoms with Crippen molar-refractivity contribution in [1.82, 2.24) is 19.7 Å². The number of carbonyl (C=O) groups is 1. The van der Waals surface area contributed by atoms with Gasteiger partial charge in [0.1, 0.15) is 29.5 Å². The van der Waals surface area contributed by atoms with E-state index in [1.54, 1.807) is 19.9 Å². The van der Waals surface area contributed by atoms with Gasteiger partial charge in [-0.05, 0) is 32.4 Å². The smallest absolute Gasteiger partial charge is 0.408 e. The first-order chi connectivity index (χ1) is 18.6. The Morgan fingerprint density at radius 3 is 2.55 bits per heavy atom. The monoisotopic (exact) mass is 569 g/mol. The van der Waals surface area contributed by atoms with E-state index < -0.39 is 49.0 Å². The Bertz CT molecular complexity index is 1440. The van der Waals surface area contributed by atoms with Gasteiger partial charge in [-0.1, -0.05) is 0 Å². The van der Waals surface area contributed by atoms with E-state index in [4.69, 9.17) is 10.5 Å². The summed E-state index contributed by atoms with van der Waals surface area (Å²) in [6, 6.07) is 3.78. The number of carbonyl (C=O) groups excluding carboxylic acids is 1. The molecule has 2 aliphatic heterocycles. The molecule has 0 saturated carbocycles. The van der Waals surface area contributed by atoms with E-state index in [-0.39, 0.29) is 35.6 Å².